The highest BCUT2D eigenvalue weighted by atomic mass is 79.9. The van der Waals surface area contributed by atoms with Crippen molar-refractivity contribution < 1.29 is 9.90 Å². The van der Waals surface area contributed by atoms with E-state index in [1.54, 1.807) is 12.1 Å². The number of hydrogen-bond donors (Lipinski definition) is 2. The van der Waals surface area contributed by atoms with Gasteiger partial charge in [-0.25, -0.2) is 4.79 Å². The normalized spacial score (nSPS) is 15.8. The van der Waals surface area contributed by atoms with Crippen LogP contribution in [0.15, 0.2) is 16.6 Å². The number of nitrogen functional groups attached to an aromatic ring is 1. The molecule has 6 heteroatoms. The molecule has 3 N–H and O–H groups in total. The summed E-state index contributed by atoms with van der Waals surface area (Å²) in [5.41, 5.74) is 7.86. The van der Waals surface area contributed by atoms with Crippen molar-refractivity contribution in [1.82, 2.24) is 4.90 Å². The van der Waals surface area contributed by atoms with Gasteiger partial charge in [-0.05, 0) is 53.5 Å². The van der Waals surface area contributed by atoms with Gasteiger partial charge in [-0.2, -0.15) is 0 Å². The van der Waals surface area contributed by atoms with Crippen LogP contribution < -0.4 is 5.73 Å². The first-order chi connectivity index (χ1) is 9.49. The Labute approximate surface area is 140 Å². The monoisotopic (exact) mass is 376 g/mol. The number of nitrogens with zero attached hydrogens (tertiary/aromatic N) is 1. The third-order valence-corrected chi connectivity index (χ3v) is 4.74. The van der Waals surface area contributed by atoms with E-state index in [0.29, 0.717) is 22.7 Å². The van der Waals surface area contributed by atoms with Gasteiger partial charge in [0.25, 0.3) is 0 Å². The Morgan fingerprint density at radius 1 is 1.38 bits per heavy atom. The molecule has 0 heterocycles. The molecule has 1 aliphatic rings. The van der Waals surface area contributed by atoms with Crippen molar-refractivity contribution in [2.24, 2.45) is 0 Å². The van der Waals surface area contributed by atoms with Gasteiger partial charge in [-0.1, -0.05) is 19.3 Å². The fraction of sp³-hybridized carbons (Fsp3) is 0.533. The zero-order chi connectivity index (χ0) is 14.7. The van der Waals surface area contributed by atoms with Crippen LogP contribution >= 0.6 is 28.3 Å². The third kappa shape index (κ3) is 4.59. The molecule has 4 nitrogen and oxygen atoms in total. The number of carboxylic acid groups (broad SMARTS) is 1. The van der Waals surface area contributed by atoms with E-state index in [9.17, 15) is 4.79 Å². The molecule has 0 saturated heterocycles. The van der Waals surface area contributed by atoms with Crippen molar-refractivity contribution in [2.45, 2.75) is 44.7 Å². The highest BCUT2D eigenvalue weighted by Crippen LogP contribution is 2.29. The first-order valence-corrected chi connectivity index (χ1v) is 7.79. The summed E-state index contributed by atoms with van der Waals surface area (Å²) in [6.07, 6.45) is 6.33. The highest BCUT2D eigenvalue weighted by molar-refractivity contribution is 9.10. The summed E-state index contributed by atoms with van der Waals surface area (Å²) in [5.74, 6) is -0.924. The molecule has 0 unspecified atom stereocenters. The molecular formula is C15H22BrClN2O2. The molecule has 0 amide bonds. The smallest absolute Gasteiger partial charge is 0.335 e. The van der Waals surface area contributed by atoms with E-state index in [0.717, 1.165) is 5.56 Å². The molecule has 1 saturated carbocycles. The Morgan fingerprint density at radius 3 is 2.57 bits per heavy atom. The van der Waals surface area contributed by atoms with Gasteiger partial charge in [0, 0.05) is 17.1 Å². The number of anilines is 1. The van der Waals surface area contributed by atoms with Crippen molar-refractivity contribution >= 4 is 40.0 Å². The second-order valence-corrected chi connectivity index (χ2v) is 6.40. The van der Waals surface area contributed by atoms with Crippen LogP contribution in [0.3, 0.4) is 0 Å². The number of hydrogen-bond acceptors (Lipinski definition) is 3. The molecule has 0 aromatic heterocycles. The lowest BCUT2D eigenvalue weighted by Crippen LogP contribution is -2.33. The van der Waals surface area contributed by atoms with E-state index in [-0.39, 0.29) is 18.0 Å². The van der Waals surface area contributed by atoms with Crippen LogP contribution in [0.2, 0.25) is 0 Å². The number of rotatable bonds is 4. The number of halogens is 2. The van der Waals surface area contributed by atoms with Crippen LogP contribution in [0.5, 0.6) is 0 Å². The predicted molar refractivity (Wildman–Crippen MR) is 91.1 cm³/mol. The van der Waals surface area contributed by atoms with Gasteiger partial charge in [0.1, 0.15) is 0 Å². The highest BCUT2D eigenvalue weighted by Gasteiger charge is 2.20. The molecule has 2 rings (SSSR count). The lowest BCUT2D eigenvalue weighted by molar-refractivity contribution is 0.0696. The molecule has 0 aliphatic heterocycles. The van der Waals surface area contributed by atoms with E-state index >= 15 is 0 Å². The summed E-state index contributed by atoms with van der Waals surface area (Å²) in [6.45, 7) is 0.691. The van der Waals surface area contributed by atoms with Crippen molar-refractivity contribution in [1.29, 1.82) is 0 Å². The number of benzene rings is 1. The molecule has 0 spiro atoms. The minimum absolute atomic E-state index is 0. The third-order valence-electron chi connectivity index (χ3n) is 4.08. The Bertz CT molecular complexity index is 505. The van der Waals surface area contributed by atoms with Crippen LogP contribution in [0.1, 0.15) is 48.0 Å². The zero-order valence-electron chi connectivity index (χ0n) is 12.1. The van der Waals surface area contributed by atoms with E-state index < -0.39 is 5.97 Å². The molecule has 1 aromatic carbocycles. The minimum atomic E-state index is -0.924. The summed E-state index contributed by atoms with van der Waals surface area (Å²) in [5, 5.41) is 9.13. The quantitative estimate of drug-likeness (QED) is 0.781. The van der Waals surface area contributed by atoms with Gasteiger partial charge in [-0.3, -0.25) is 4.90 Å². The molecule has 0 radical (unpaired) electrons. The number of nitrogens with two attached hydrogens (primary N) is 1. The summed E-state index contributed by atoms with van der Waals surface area (Å²) >= 11 is 3.34. The molecule has 0 bridgehead atoms. The van der Waals surface area contributed by atoms with Gasteiger partial charge in [-0.15, -0.1) is 12.4 Å². The fourth-order valence-electron chi connectivity index (χ4n) is 2.85. The first kappa shape index (κ1) is 18.3. The van der Waals surface area contributed by atoms with Crippen molar-refractivity contribution in [2.75, 3.05) is 12.8 Å². The van der Waals surface area contributed by atoms with E-state index in [1.807, 2.05) is 0 Å². The molecule has 1 fully saturated rings. The molecule has 1 aromatic rings. The number of carboxylic acids is 1. The van der Waals surface area contributed by atoms with E-state index in [1.165, 1.54) is 32.1 Å². The van der Waals surface area contributed by atoms with Gasteiger partial charge < -0.3 is 10.8 Å². The SMILES string of the molecule is CN(Cc1cc(C(=O)O)cc(Br)c1N)C1CCCCC1.Cl. The van der Waals surface area contributed by atoms with Crippen LogP contribution in [0.4, 0.5) is 5.69 Å². The molecule has 21 heavy (non-hydrogen) atoms. The second kappa shape index (κ2) is 8.01. The maximum atomic E-state index is 11.1. The van der Waals surface area contributed by atoms with Crippen molar-refractivity contribution in [3.63, 3.8) is 0 Å². The summed E-state index contributed by atoms with van der Waals surface area (Å²) in [7, 11) is 2.09. The maximum absolute atomic E-state index is 11.1. The zero-order valence-corrected chi connectivity index (χ0v) is 14.5. The number of aromatic carboxylic acids is 1. The summed E-state index contributed by atoms with van der Waals surface area (Å²) < 4.78 is 0.657. The summed E-state index contributed by atoms with van der Waals surface area (Å²) in [4.78, 5) is 13.4. The molecule has 1 aliphatic carbocycles. The van der Waals surface area contributed by atoms with Gasteiger partial charge in [0.2, 0.25) is 0 Å². The standard InChI is InChI=1S/C15H21BrN2O2.ClH/c1-18(12-5-3-2-4-6-12)9-11-7-10(15(19)20)8-13(16)14(11)17;/h7-8,12H,2-6,9,17H2,1H3,(H,19,20);1H. The van der Waals surface area contributed by atoms with Gasteiger partial charge in [0.15, 0.2) is 0 Å². The summed E-state index contributed by atoms with van der Waals surface area (Å²) in [6, 6.07) is 3.82. The van der Waals surface area contributed by atoms with Gasteiger partial charge in [0.05, 0.1) is 11.3 Å². The average molecular weight is 378 g/mol. The Hall–Kier alpha value is -0.780. The Kier molecular flexibility index (Phi) is 6.97. The largest absolute Gasteiger partial charge is 0.478 e. The van der Waals surface area contributed by atoms with Crippen LogP contribution in [-0.2, 0) is 6.54 Å². The van der Waals surface area contributed by atoms with Crippen molar-refractivity contribution in [3.05, 3.63) is 27.7 Å². The fourth-order valence-corrected chi connectivity index (χ4v) is 3.35. The maximum Gasteiger partial charge on any atom is 0.335 e. The number of carbonyl (C=O) groups is 1. The topological polar surface area (TPSA) is 66.6 Å². The first-order valence-electron chi connectivity index (χ1n) is 7.00. The molecular weight excluding hydrogens is 356 g/mol. The van der Waals surface area contributed by atoms with Crippen LogP contribution in [0, 0.1) is 0 Å². The Balaban J connectivity index is 0.00000220. The lowest BCUT2D eigenvalue weighted by Gasteiger charge is -2.31. The van der Waals surface area contributed by atoms with Crippen molar-refractivity contribution in [3.8, 4) is 0 Å². The van der Waals surface area contributed by atoms with Crippen LogP contribution in [0.25, 0.3) is 0 Å². The molecule has 118 valence electrons. The molecule has 0 atom stereocenters. The van der Waals surface area contributed by atoms with E-state index in [2.05, 4.69) is 27.9 Å². The predicted octanol–water partition coefficient (Wildman–Crippen LogP) is 3.92. The minimum Gasteiger partial charge on any atom is -0.478 e. The van der Waals surface area contributed by atoms with E-state index in [4.69, 9.17) is 10.8 Å². The lowest BCUT2D eigenvalue weighted by atomic mass is 9.94. The van der Waals surface area contributed by atoms with Gasteiger partial charge >= 0.3 is 5.97 Å². The Morgan fingerprint density at radius 2 is 2.00 bits per heavy atom. The van der Waals surface area contributed by atoms with Crippen LogP contribution in [-0.4, -0.2) is 29.1 Å². The average Bonchev–Trinajstić information content (AvgIpc) is 2.44. The second-order valence-electron chi connectivity index (χ2n) is 5.54.